The third kappa shape index (κ3) is 5.82. The molecule has 0 bridgehead atoms. The maximum Gasteiger partial charge on any atom is 0.215 e. The number of sulfonamides is 1. The zero-order chi connectivity index (χ0) is 19.3. The molecule has 1 N–H and O–H groups in total. The predicted octanol–water partition coefficient (Wildman–Crippen LogP) is 3.72. The molecule has 1 aliphatic rings. The number of hydrogen-bond acceptors (Lipinski definition) is 3. The highest BCUT2D eigenvalue weighted by Crippen LogP contribution is 2.24. The Hall–Kier alpha value is -1.34. The van der Waals surface area contributed by atoms with Crippen molar-refractivity contribution in [3.63, 3.8) is 0 Å². The summed E-state index contributed by atoms with van der Waals surface area (Å²) in [6, 6.07) is 11.1. The Morgan fingerprint density at radius 3 is 2.48 bits per heavy atom. The van der Waals surface area contributed by atoms with Crippen molar-refractivity contribution in [2.75, 3.05) is 19.6 Å². The monoisotopic (exact) mass is 409 g/mol. The van der Waals surface area contributed by atoms with Crippen LogP contribution in [0.5, 0.6) is 0 Å². The summed E-state index contributed by atoms with van der Waals surface area (Å²) < 4.78 is 30.2. The van der Waals surface area contributed by atoms with Gasteiger partial charge in [-0.05, 0) is 55.8 Å². The van der Waals surface area contributed by atoms with Crippen LogP contribution in [0.25, 0.3) is 0 Å². The van der Waals surface area contributed by atoms with Gasteiger partial charge in [-0.1, -0.05) is 36.6 Å². The van der Waals surface area contributed by atoms with Gasteiger partial charge in [-0.2, -0.15) is 0 Å². The van der Waals surface area contributed by atoms with E-state index in [4.69, 9.17) is 11.6 Å². The Labute approximate surface area is 167 Å². The third-order valence-electron chi connectivity index (χ3n) is 5.15. The SMILES string of the molecule is Cn1cccc1[C@@H](CNS(=O)(=O)Cc1cccc(Cl)c1)N1CCCCCC1. The van der Waals surface area contributed by atoms with Gasteiger partial charge >= 0.3 is 0 Å². The fourth-order valence-electron chi connectivity index (χ4n) is 3.75. The average Bonchev–Trinajstić information content (AvgIpc) is 2.86. The number of nitrogens with one attached hydrogen (secondary N) is 1. The van der Waals surface area contributed by atoms with Gasteiger partial charge in [-0.15, -0.1) is 0 Å². The van der Waals surface area contributed by atoms with Gasteiger partial charge in [0.1, 0.15) is 0 Å². The maximum absolute atomic E-state index is 12.6. The number of nitrogens with zero attached hydrogens (tertiary/aromatic N) is 2. The Morgan fingerprint density at radius 2 is 1.85 bits per heavy atom. The third-order valence-corrected chi connectivity index (χ3v) is 6.70. The summed E-state index contributed by atoms with van der Waals surface area (Å²) in [6.45, 7) is 2.39. The maximum atomic E-state index is 12.6. The first-order chi connectivity index (χ1) is 12.9. The number of aryl methyl sites for hydroxylation is 1. The molecule has 1 aromatic carbocycles. The van der Waals surface area contributed by atoms with Crippen LogP contribution in [0.1, 0.15) is 43.0 Å². The molecule has 1 fully saturated rings. The molecule has 5 nitrogen and oxygen atoms in total. The lowest BCUT2D eigenvalue weighted by Crippen LogP contribution is -2.39. The van der Waals surface area contributed by atoms with E-state index < -0.39 is 10.0 Å². The van der Waals surface area contributed by atoms with E-state index in [0.29, 0.717) is 17.1 Å². The molecule has 0 unspecified atom stereocenters. The summed E-state index contributed by atoms with van der Waals surface area (Å²) in [6.07, 6.45) is 6.83. The second-order valence-corrected chi connectivity index (χ2v) is 9.49. The van der Waals surface area contributed by atoms with Gasteiger partial charge in [-0.25, -0.2) is 13.1 Å². The smallest absolute Gasteiger partial charge is 0.215 e. The summed E-state index contributed by atoms with van der Waals surface area (Å²) in [5, 5.41) is 0.550. The van der Waals surface area contributed by atoms with Gasteiger partial charge < -0.3 is 4.57 Å². The second kappa shape index (κ2) is 9.24. The summed E-state index contributed by atoms with van der Waals surface area (Å²) in [4.78, 5) is 2.42. The van der Waals surface area contributed by atoms with Crippen LogP contribution in [0, 0.1) is 0 Å². The summed E-state index contributed by atoms with van der Waals surface area (Å²) in [7, 11) is -1.43. The minimum atomic E-state index is -3.44. The van der Waals surface area contributed by atoms with E-state index in [1.54, 1.807) is 24.3 Å². The summed E-state index contributed by atoms with van der Waals surface area (Å²) in [5.41, 5.74) is 1.84. The molecule has 2 heterocycles. The van der Waals surface area contributed by atoms with Crippen molar-refractivity contribution in [1.29, 1.82) is 0 Å². The van der Waals surface area contributed by atoms with Crippen LogP contribution >= 0.6 is 11.6 Å². The zero-order valence-electron chi connectivity index (χ0n) is 15.8. The molecule has 0 spiro atoms. The van der Waals surface area contributed by atoms with Crippen LogP contribution in [0.3, 0.4) is 0 Å². The van der Waals surface area contributed by atoms with Crippen molar-refractivity contribution >= 4 is 21.6 Å². The van der Waals surface area contributed by atoms with E-state index >= 15 is 0 Å². The van der Waals surface area contributed by atoms with Gasteiger partial charge in [0.25, 0.3) is 0 Å². The van der Waals surface area contributed by atoms with Crippen molar-refractivity contribution < 1.29 is 8.42 Å². The highest BCUT2D eigenvalue weighted by molar-refractivity contribution is 7.88. The van der Waals surface area contributed by atoms with Crippen molar-refractivity contribution in [2.24, 2.45) is 7.05 Å². The van der Waals surface area contributed by atoms with Crippen LogP contribution in [-0.4, -0.2) is 37.5 Å². The predicted molar refractivity (Wildman–Crippen MR) is 110 cm³/mol. The molecule has 27 heavy (non-hydrogen) atoms. The van der Waals surface area contributed by atoms with Gasteiger partial charge in [0.15, 0.2) is 0 Å². The second-order valence-electron chi connectivity index (χ2n) is 7.25. The highest BCUT2D eigenvalue weighted by Gasteiger charge is 2.25. The number of likely N-dealkylation sites (tertiary alicyclic amines) is 1. The van der Waals surface area contributed by atoms with Gasteiger partial charge in [0, 0.05) is 30.5 Å². The molecule has 0 radical (unpaired) electrons. The van der Waals surface area contributed by atoms with Crippen LogP contribution in [-0.2, 0) is 22.8 Å². The molecule has 7 heteroatoms. The van der Waals surface area contributed by atoms with E-state index in [2.05, 4.69) is 20.3 Å². The topological polar surface area (TPSA) is 54.3 Å². The van der Waals surface area contributed by atoms with Crippen LogP contribution < -0.4 is 4.72 Å². The molecule has 3 rings (SSSR count). The highest BCUT2D eigenvalue weighted by atomic mass is 35.5. The van der Waals surface area contributed by atoms with E-state index in [1.165, 1.54) is 12.8 Å². The van der Waals surface area contributed by atoms with Crippen molar-refractivity contribution in [3.05, 3.63) is 58.9 Å². The normalized spacial score (nSPS) is 17.6. The van der Waals surface area contributed by atoms with Crippen LogP contribution in [0.4, 0.5) is 0 Å². The fourth-order valence-corrected chi connectivity index (χ4v) is 5.10. The molecular weight excluding hydrogens is 382 g/mol. The number of halogens is 1. The van der Waals surface area contributed by atoms with Crippen molar-refractivity contribution in [1.82, 2.24) is 14.2 Å². The largest absolute Gasteiger partial charge is 0.353 e. The van der Waals surface area contributed by atoms with Gasteiger partial charge in [-0.3, -0.25) is 4.90 Å². The summed E-state index contributed by atoms with van der Waals surface area (Å²) in [5.74, 6) is -0.0621. The quantitative estimate of drug-likeness (QED) is 0.758. The van der Waals surface area contributed by atoms with Crippen molar-refractivity contribution in [3.8, 4) is 0 Å². The van der Waals surface area contributed by atoms with E-state index in [9.17, 15) is 8.42 Å². The first-order valence-corrected chi connectivity index (χ1v) is 11.5. The molecule has 1 atom stereocenters. The molecule has 1 aromatic heterocycles. The first-order valence-electron chi connectivity index (χ1n) is 9.52. The Kier molecular flexibility index (Phi) is 6.98. The first kappa shape index (κ1) is 20.4. The van der Waals surface area contributed by atoms with E-state index in [-0.39, 0.29) is 11.8 Å². The summed E-state index contributed by atoms with van der Waals surface area (Å²) >= 11 is 5.98. The molecular formula is C20H28ClN3O2S. The van der Waals surface area contributed by atoms with Crippen LogP contribution in [0.2, 0.25) is 5.02 Å². The lowest BCUT2D eigenvalue weighted by molar-refractivity contribution is 0.199. The average molecular weight is 410 g/mol. The van der Waals surface area contributed by atoms with Gasteiger partial charge in [0.2, 0.25) is 10.0 Å². The molecule has 0 saturated carbocycles. The zero-order valence-corrected chi connectivity index (χ0v) is 17.3. The molecule has 0 aliphatic carbocycles. The van der Waals surface area contributed by atoms with E-state index in [1.807, 2.05) is 19.3 Å². The molecule has 1 aliphatic heterocycles. The number of aromatic nitrogens is 1. The van der Waals surface area contributed by atoms with Crippen LogP contribution in [0.15, 0.2) is 42.6 Å². The molecule has 148 valence electrons. The number of benzene rings is 1. The van der Waals surface area contributed by atoms with Gasteiger partial charge in [0.05, 0.1) is 11.8 Å². The fraction of sp³-hybridized carbons (Fsp3) is 0.500. The Morgan fingerprint density at radius 1 is 1.11 bits per heavy atom. The Bertz CT molecular complexity index is 842. The lowest BCUT2D eigenvalue weighted by Gasteiger charge is -2.31. The molecule has 1 saturated heterocycles. The van der Waals surface area contributed by atoms with E-state index in [0.717, 1.165) is 31.6 Å². The number of hydrogen-bond donors (Lipinski definition) is 1. The minimum Gasteiger partial charge on any atom is -0.353 e. The standard InChI is InChI=1S/C20H28ClN3O2S/c1-23-11-7-10-19(23)20(24-12-4-2-3-5-13-24)15-22-27(25,26)16-17-8-6-9-18(21)14-17/h6-11,14,20,22H,2-5,12-13,15-16H2,1H3/t20-/m1/s1. The van der Waals surface area contributed by atoms with Crippen molar-refractivity contribution in [2.45, 2.75) is 37.5 Å². The Balaban J connectivity index is 1.72. The minimum absolute atomic E-state index is 0.0391. The molecule has 2 aromatic rings. The lowest BCUT2D eigenvalue weighted by atomic mass is 10.1. The molecule has 0 amide bonds. The number of rotatable bonds is 7.